The zero-order chi connectivity index (χ0) is 14.8. The first-order valence-corrected chi connectivity index (χ1v) is 7.27. The van der Waals surface area contributed by atoms with E-state index in [-0.39, 0.29) is 24.3 Å². The molecule has 2 fully saturated rings. The molecule has 2 N–H and O–H groups in total. The van der Waals surface area contributed by atoms with Gasteiger partial charge in [0, 0.05) is 6.04 Å². The Morgan fingerprint density at radius 2 is 1.95 bits per heavy atom. The molecule has 6 heteroatoms. The Morgan fingerprint density at radius 3 is 2.45 bits per heavy atom. The van der Waals surface area contributed by atoms with Crippen molar-refractivity contribution in [3.63, 3.8) is 0 Å². The molecule has 0 aromatic rings. The molecule has 20 heavy (non-hydrogen) atoms. The molecule has 2 amide bonds. The minimum atomic E-state index is -0.467. The maximum absolute atomic E-state index is 11.7. The third kappa shape index (κ3) is 4.28. The highest BCUT2D eigenvalue weighted by molar-refractivity contribution is 5.69. The third-order valence-electron chi connectivity index (χ3n) is 3.72. The number of nitrogens with one attached hydrogen (secondary N) is 2. The second-order valence-electron chi connectivity index (χ2n) is 6.58. The lowest BCUT2D eigenvalue weighted by molar-refractivity contribution is 0.0464. The second-order valence-corrected chi connectivity index (χ2v) is 6.58. The molecule has 0 spiro atoms. The summed E-state index contributed by atoms with van der Waals surface area (Å²) in [5.74, 6) is 0.394. The van der Waals surface area contributed by atoms with E-state index in [0.29, 0.717) is 12.5 Å². The van der Waals surface area contributed by atoms with Crippen LogP contribution < -0.4 is 10.6 Å². The van der Waals surface area contributed by atoms with Gasteiger partial charge in [0.2, 0.25) is 0 Å². The van der Waals surface area contributed by atoms with Crippen LogP contribution in [0.2, 0.25) is 0 Å². The van der Waals surface area contributed by atoms with Gasteiger partial charge in [0.05, 0.1) is 6.54 Å². The van der Waals surface area contributed by atoms with Crippen LogP contribution in [-0.4, -0.2) is 36.5 Å². The van der Waals surface area contributed by atoms with Gasteiger partial charge in [0.25, 0.3) is 0 Å². The predicted octanol–water partition coefficient (Wildman–Crippen LogP) is 2.18. The zero-order valence-electron chi connectivity index (χ0n) is 12.4. The minimum absolute atomic E-state index is 0.00928. The molecular weight excluding hydrogens is 260 g/mol. The van der Waals surface area contributed by atoms with E-state index < -0.39 is 5.60 Å². The van der Waals surface area contributed by atoms with Gasteiger partial charge in [-0.05, 0) is 52.4 Å². The number of alkyl carbamates (subject to hydrolysis) is 2. The van der Waals surface area contributed by atoms with Crippen LogP contribution in [0.4, 0.5) is 9.59 Å². The van der Waals surface area contributed by atoms with Crippen LogP contribution >= 0.6 is 0 Å². The van der Waals surface area contributed by atoms with Gasteiger partial charge in [-0.25, -0.2) is 9.59 Å². The molecule has 2 rings (SSSR count). The lowest BCUT2D eigenvalue weighted by atomic mass is 9.83. The smallest absolute Gasteiger partial charge is 0.407 e. The van der Waals surface area contributed by atoms with Crippen molar-refractivity contribution in [1.82, 2.24) is 10.6 Å². The number of carbonyl (C=O) groups is 2. The summed E-state index contributed by atoms with van der Waals surface area (Å²) in [4.78, 5) is 22.7. The lowest BCUT2D eigenvalue weighted by Crippen LogP contribution is -2.42. The Bertz CT molecular complexity index is 370. The summed E-state index contributed by atoms with van der Waals surface area (Å²) in [6.45, 7) is 6.16. The van der Waals surface area contributed by atoms with Gasteiger partial charge in [-0.15, -0.1) is 0 Å². The van der Waals surface area contributed by atoms with Crippen LogP contribution in [0.25, 0.3) is 0 Å². The largest absolute Gasteiger partial charge is 0.444 e. The van der Waals surface area contributed by atoms with Crippen molar-refractivity contribution in [2.75, 3.05) is 6.54 Å². The molecular formula is C14H24N2O4. The lowest BCUT2D eigenvalue weighted by Gasteiger charge is -2.31. The number of cyclic esters (lactones) is 1. The molecule has 1 aliphatic heterocycles. The summed E-state index contributed by atoms with van der Waals surface area (Å²) in [7, 11) is 0. The number of amides is 2. The fourth-order valence-electron chi connectivity index (χ4n) is 2.78. The first-order chi connectivity index (χ1) is 9.33. The molecule has 0 aromatic carbocycles. The van der Waals surface area contributed by atoms with E-state index in [0.717, 1.165) is 25.7 Å². The average Bonchev–Trinajstić information content (AvgIpc) is 2.74. The Morgan fingerprint density at radius 1 is 1.30 bits per heavy atom. The van der Waals surface area contributed by atoms with Crippen molar-refractivity contribution in [3.8, 4) is 0 Å². The maximum Gasteiger partial charge on any atom is 0.407 e. The average molecular weight is 284 g/mol. The molecule has 0 aromatic heterocycles. The van der Waals surface area contributed by atoms with Crippen LogP contribution in [-0.2, 0) is 9.47 Å². The summed E-state index contributed by atoms with van der Waals surface area (Å²) >= 11 is 0. The Hall–Kier alpha value is -1.46. The quantitative estimate of drug-likeness (QED) is 0.815. The zero-order valence-corrected chi connectivity index (χ0v) is 12.4. The van der Waals surface area contributed by atoms with E-state index in [2.05, 4.69) is 10.6 Å². The highest BCUT2D eigenvalue weighted by Crippen LogP contribution is 2.29. The van der Waals surface area contributed by atoms with Crippen molar-refractivity contribution < 1.29 is 19.1 Å². The number of hydrogen-bond acceptors (Lipinski definition) is 4. The van der Waals surface area contributed by atoms with Crippen LogP contribution in [0, 0.1) is 5.92 Å². The fourth-order valence-corrected chi connectivity index (χ4v) is 2.78. The number of hydrogen-bond donors (Lipinski definition) is 2. The van der Waals surface area contributed by atoms with Gasteiger partial charge < -0.3 is 20.1 Å². The van der Waals surface area contributed by atoms with Gasteiger partial charge in [0.1, 0.15) is 11.7 Å². The van der Waals surface area contributed by atoms with Crippen molar-refractivity contribution in [3.05, 3.63) is 0 Å². The molecule has 2 aliphatic rings. The standard InChI is InChI=1S/C14H24N2O4/c1-14(2,3)20-13(18)16-10-6-4-9(5-7-10)11-8-15-12(17)19-11/h9-11H,4-8H2,1-3H3,(H,15,17)(H,16,18). The monoisotopic (exact) mass is 284 g/mol. The van der Waals surface area contributed by atoms with Gasteiger partial charge >= 0.3 is 12.2 Å². The first kappa shape index (κ1) is 14.9. The Kier molecular flexibility index (Phi) is 4.40. The Balaban J connectivity index is 1.71. The van der Waals surface area contributed by atoms with Gasteiger partial charge in [-0.1, -0.05) is 0 Å². The molecule has 1 saturated carbocycles. The molecule has 1 heterocycles. The molecule has 1 unspecified atom stereocenters. The Labute approximate surface area is 119 Å². The highest BCUT2D eigenvalue weighted by atomic mass is 16.6. The van der Waals surface area contributed by atoms with Crippen LogP contribution in [0.3, 0.4) is 0 Å². The molecule has 1 atom stereocenters. The summed E-state index contributed by atoms with van der Waals surface area (Å²) in [6.07, 6.45) is 3.04. The summed E-state index contributed by atoms with van der Waals surface area (Å²) in [5, 5.41) is 5.60. The summed E-state index contributed by atoms with van der Waals surface area (Å²) in [5.41, 5.74) is -0.467. The summed E-state index contributed by atoms with van der Waals surface area (Å²) < 4.78 is 10.5. The number of carbonyl (C=O) groups excluding carboxylic acids is 2. The molecule has 6 nitrogen and oxygen atoms in total. The van der Waals surface area contributed by atoms with Crippen molar-refractivity contribution in [2.45, 2.75) is 64.2 Å². The second kappa shape index (κ2) is 5.89. The molecule has 0 bridgehead atoms. The van der Waals surface area contributed by atoms with Crippen molar-refractivity contribution in [1.29, 1.82) is 0 Å². The fraction of sp³-hybridized carbons (Fsp3) is 0.857. The molecule has 1 aliphatic carbocycles. The normalized spacial score (nSPS) is 30.4. The van der Waals surface area contributed by atoms with E-state index in [1.807, 2.05) is 20.8 Å². The van der Waals surface area contributed by atoms with Crippen molar-refractivity contribution in [2.24, 2.45) is 5.92 Å². The third-order valence-corrected chi connectivity index (χ3v) is 3.72. The van der Waals surface area contributed by atoms with E-state index in [1.165, 1.54) is 0 Å². The van der Waals surface area contributed by atoms with Crippen molar-refractivity contribution >= 4 is 12.2 Å². The van der Waals surface area contributed by atoms with Gasteiger partial charge in [-0.2, -0.15) is 0 Å². The topological polar surface area (TPSA) is 76.7 Å². The van der Waals surface area contributed by atoms with Crippen LogP contribution in [0.15, 0.2) is 0 Å². The summed E-state index contributed by atoms with van der Waals surface area (Å²) in [6, 6.07) is 0.158. The minimum Gasteiger partial charge on any atom is -0.444 e. The van der Waals surface area contributed by atoms with Gasteiger partial charge in [0.15, 0.2) is 0 Å². The molecule has 0 radical (unpaired) electrons. The first-order valence-electron chi connectivity index (χ1n) is 7.27. The van der Waals surface area contributed by atoms with Crippen LogP contribution in [0.1, 0.15) is 46.5 Å². The molecule has 114 valence electrons. The van der Waals surface area contributed by atoms with E-state index >= 15 is 0 Å². The maximum atomic E-state index is 11.7. The van der Waals surface area contributed by atoms with Crippen LogP contribution in [0.5, 0.6) is 0 Å². The van der Waals surface area contributed by atoms with E-state index in [9.17, 15) is 9.59 Å². The van der Waals surface area contributed by atoms with Gasteiger partial charge in [-0.3, -0.25) is 0 Å². The predicted molar refractivity (Wildman–Crippen MR) is 73.4 cm³/mol. The SMILES string of the molecule is CC(C)(C)OC(=O)NC1CCC(C2CNC(=O)O2)CC1. The van der Waals surface area contributed by atoms with E-state index in [1.54, 1.807) is 0 Å². The highest BCUT2D eigenvalue weighted by Gasteiger charge is 2.34. The molecule has 1 saturated heterocycles. The number of rotatable bonds is 2. The van der Waals surface area contributed by atoms with E-state index in [4.69, 9.17) is 9.47 Å². The number of ether oxygens (including phenoxy) is 2.